The third kappa shape index (κ3) is 7.37. The zero-order chi connectivity index (χ0) is 30.9. The van der Waals surface area contributed by atoms with Crippen LogP contribution in [0.3, 0.4) is 0 Å². The number of guanidine groups is 1. The number of nitrogens with zero attached hydrogens (tertiary/aromatic N) is 3. The van der Waals surface area contributed by atoms with Gasteiger partial charge in [-0.2, -0.15) is 0 Å². The maximum atomic E-state index is 13.0. The molecule has 44 heavy (non-hydrogen) atoms. The van der Waals surface area contributed by atoms with E-state index < -0.39 is 11.9 Å². The van der Waals surface area contributed by atoms with Gasteiger partial charge in [0.1, 0.15) is 23.4 Å². The van der Waals surface area contributed by atoms with Crippen LogP contribution in [0.15, 0.2) is 97.3 Å². The highest BCUT2D eigenvalue weighted by atomic mass is 16.5. The number of ether oxygens (including phenoxy) is 1. The SMILES string of the molecule is N=C(N)NCCCC(C(N)=O)n1c(-c2cccc(Oc3ccccc3)c2)nc2cc(C(=O)NCCc3cccnc3)ccc21. The van der Waals surface area contributed by atoms with Crippen molar-refractivity contribution in [1.29, 1.82) is 5.41 Å². The van der Waals surface area contributed by atoms with Crippen molar-refractivity contribution >= 4 is 28.8 Å². The van der Waals surface area contributed by atoms with E-state index in [1.807, 2.05) is 71.3 Å². The second-order valence-corrected chi connectivity index (χ2v) is 10.2. The van der Waals surface area contributed by atoms with E-state index in [0.29, 0.717) is 71.8 Å². The Bertz CT molecular complexity index is 1760. The molecule has 0 bridgehead atoms. The number of rotatable bonds is 13. The van der Waals surface area contributed by atoms with Crippen molar-refractivity contribution in [2.24, 2.45) is 11.5 Å². The monoisotopic (exact) mass is 590 g/mol. The Kier molecular flexibility index (Phi) is 9.45. The van der Waals surface area contributed by atoms with E-state index in [4.69, 9.17) is 26.6 Å². The molecule has 0 radical (unpaired) electrons. The van der Waals surface area contributed by atoms with Crippen LogP contribution in [-0.4, -0.2) is 45.4 Å². The third-order valence-corrected chi connectivity index (χ3v) is 7.05. The average Bonchev–Trinajstić information content (AvgIpc) is 3.40. The first kappa shape index (κ1) is 29.8. The van der Waals surface area contributed by atoms with E-state index in [-0.39, 0.29) is 11.9 Å². The van der Waals surface area contributed by atoms with Crippen molar-refractivity contribution in [3.8, 4) is 22.9 Å². The van der Waals surface area contributed by atoms with Crippen LogP contribution in [0.2, 0.25) is 0 Å². The summed E-state index contributed by atoms with van der Waals surface area (Å²) in [7, 11) is 0. The molecule has 5 aromatic rings. The number of amides is 2. The minimum absolute atomic E-state index is 0.143. The Hall–Kier alpha value is -5.71. The topological polar surface area (TPSA) is 174 Å². The van der Waals surface area contributed by atoms with Crippen LogP contribution in [0.5, 0.6) is 11.5 Å². The zero-order valence-electron chi connectivity index (χ0n) is 24.1. The van der Waals surface area contributed by atoms with E-state index in [9.17, 15) is 9.59 Å². The van der Waals surface area contributed by atoms with Crippen molar-refractivity contribution in [3.05, 3.63) is 108 Å². The molecule has 5 rings (SSSR count). The molecule has 1 atom stereocenters. The molecule has 0 aliphatic heterocycles. The summed E-state index contributed by atoms with van der Waals surface area (Å²) in [5.41, 5.74) is 14.8. The van der Waals surface area contributed by atoms with E-state index in [2.05, 4.69) is 15.6 Å². The summed E-state index contributed by atoms with van der Waals surface area (Å²) in [5, 5.41) is 13.1. The maximum absolute atomic E-state index is 13.0. The molecule has 0 fully saturated rings. The Labute approximate surface area is 254 Å². The molecule has 3 aromatic carbocycles. The number of pyridine rings is 1. The molecule has 224 valence electrons. The largest absolute Gasteiger partial charge is 0.457 e. The number of hydrogen-bond acceptors (Lipinski definition) is 6. The Balaban J connectivity index is 1.48. The molecule has 2 aromatic heterocycles. The summed E-state index contributed by atoms with van der Waals surface area (Å²) in [4.78, 5) is 34.9. The molecule has 11 nitrogen and oxygen atoms in total. The molecule has 0 aliphatic rings. The minimum Gasteiger partial charge on any atom is -0.457 e. The highest BCUT2D eigenvalue weighted by molar-refractivity contribution is 5.98. The molecule has 11 heteroatoms. The average molecular weight is 591 g/mol. The summed E-state index contributed by atoms with van der Waals surface area (Å²) < 4.78 is 7.88. The van der Waals surface area contributed by atoms with Gasteiger partial charge in [0.25, 0.3) is 5.91 Å². The van der Waals surface area contributed by atoms with Crippen LogP contribution in [0.1, 0.15) is 34.8 Å². The number of benzene rings is 3. The van der Waals surface area contributed by atoms with Crippen LogP contribution in [0, 0.1) is 5.41 Å². The molecule has 0 aliphatic carbocycles. The quantitative estimate of drug-likeness (QED) is 0.0778. The van der Waals surface area contributed by atoms with Crippen LogP contribution in [0.25, 0.3) is 22.4 Å². The summed E-state index contributed by atoms with van der Waals surface area (Å²) in [5.74, 6) is 0.897. The first-order valence-corrected chi connectivity index (χ1v) is 14.3. The van der Waals surface area contributed by atoms with Crippen LogP contribution < -0.4 is 26.8 Å². The van der Waals surface area contributed by atoms with E-state index in [0.717, 1.165) is 5.56 Å². The molecule has 0 saturated heterocycles. The highest BCUT2D eigenvalue weighted by Crippen LogP contribution is 2.33. The number of carbonyl (C=O) groups excluding carboxylic acids is 2. The lowest BCUT2D eigenvalue weighted by Crippen LogP contribution is -2.32. The van der Waals surface area contributed by atoms with Crippen molar-refractivity contribution in [3.63, 3.8) is 0 Å². The van der Waals surface area contributed by atoms with Crippen LogP contribution in [-0.2, 0) is 11.2 Å². The number of para-hydroxylation sites is 1. The van der Waals surface area contributed by atoms with Crippen molar-refractivity contribution in [2.45, 2.75) is 25.3 Å². The molecule has 2 heterocycles. The van der Waals surface area contributed by atoms with Gasteiger partial charge in [0.05, 0.1) is 11.0 Å². The smallest absolute Gasteiger partial charge is 0.251 e. The van der Waals surface area contributed by atoms with Gasteiger partial charge in [-0.3, -0.25) is 20.0 Å². The predicted molar refractivity (Wildman–Crippen MR) is 169 cm³/mol. The number of hydrogen-bond donors (Lipinski definition) is 5. The maximum Gasteiger partial charge on any atom is 0.251 e. The second kappa shape index (κ2) is 14.0. The van der Waals surface area contributed by atoms with Crippen LogP contribution >= 0.6 is 0 Å². The van der Waals surface area contributed by atoms with Gasteiger partial charge in [0.15, 0.2) is 5.96 Å². The van der Waals surface area contributed by atoms with Crippen molar-refractivity contribution < 1.29 is 14.3 Å². The summed E-state index contributed by atoms with van der Waals surface area (Å²) in [6, 6.07) is 25.2. The molecular formula is C33H34N8O3. The summed E-state index contributed by atoms with van der Waals surface area (Å²) in [6.07, 6.45) is 5.05. The standard InChI is InChI=1S/C33H34N8O3/c34-30(42)29(12-6-17-39-33(35)36)41-28-14-13-24(32(43)38-18-15-22-7-5-16-37-21-22)20-27(28)40-31(41)23-8-4-11-26(19-23)44-25-9-2-1-3-10-25/h1-5,7-11,13-14,16,19-21,29H,6,12,15,17-18H2,(H2,34,42)(H,38,43)(H4,35,36,39). The Morgan fingerprint density at radius 1 is 0.909 bits per heavy atom. The molecule has 0 spiro atoms. The minimum atomic E-state index is -0.749. The predicted octanol–water partition coefficient (Wildman–Crippen LogP) is 4.15. The Morgan fingerprint density at radius 3 is 2.48 bits per heavy atom. The molecular weight excluding hydrogens is 556 g/mol. The van der Waals surface area contributed by atoms with Gasteiger partial charge in [-0.1, -0.05) is 36.4 Å². The van der Waals surface area contributed by atoms with E-state index in [1.54, 1.807) is 30.6 Å². The van der Waals surface area contributed by atoms with Gasteiger partial charge in [0, 0.05) is 36.6 Å². The van der Waals surface area contributed by atoms with Gasteiger partial charge in [-0.15, -0.1) is 0 Å². The normalized spacial score (nSPS) is 11.5. The van der Waals surface area contributed by atoms with E-state index >= 15 is 0 Å². The zero-order valence-corrected chi connectivity index (χ0v) is 24.1. The van der Waals surface area contributed by atoms with Gasteiger partial charge >= 0.3 is 0 Å². The number of fused-ring (bicyclic) bond motifs is 1. The number of carbonyl (C=O) groups is 2. The first-order chi connectivity index (χ1) is 21.4. The number of nitrogens with one attached hydrogen (secondary N) is 3. The summed E-state index contributed by atoms with van der Waals surface area (Å²) >= 11 is 0. The fourth-order valence-electron chi connectivity index (χ4n) is 4.97. The number of nitrogens with two attached hydrogens (primary N) is 2. The van der Waals surface area contributed by atoms with Gasteiger partial charge in [-0.25, -0.2) is 4.98 Å². The summed E-state index contributed by atoms with van der Waals surface area (Å²) in [6.45, 7) is 0.860. The fraction of sp³-hybridized carbons (Fsp3) is 0.182. The molecule has 1 unspecified atom stereocenters. The number of aromatic nitrogens is 3. The molecule has 2 amide bonds. The van der Waals surface area contributed by atoms with Crippen LogP contribution in [0.4, 0.5) is 0 Å². The van der Waals surface area contributed by atoms with E-state index in [1.165, 1.54) is 0 Å². The van der Waals surface area contributed by atoms with Gasteiger partial charge in [0.2, 0.25) is 5.91 Å². The lowest BCUT2D eigenvalue weighted by atomic mass is 10.1. The second-order valence-electron chi connectivity index (χ2n) is 10.2. The first-order valence-electron chi connectivity index (χ1n) is 14.3. The number of imidazole rings is 1. The van der Waals surface area contributed by atoms with Gasteiger partial charge < -0.3 is 31.4 Å². The number of primary amides is 1. The van der Waals surface area contributed by atoms with Gasteiger partial charge in [-0.05, 0) is 73.4 Å². The third-order valence-electron chi connectivity index (χ3n) is 7.05. The Morgan fingerprint density at radius 2 is 1.73 bits per heavy atom. The van der Waals surface area contributed by atoms with Crippen molar-refractivity contribution in [2.75, 3.05) is 13.1 Å². The highest BCUT2D eigenvalue weighted by Gasteiger charge is 2.25. The van der Waals surface area contributed by atoms with Crippen molar-refractivity contribution in [1.82, 2.24) is 25.2 Å². The lowest BCUT2D eigenvalue weighted by molar-refractivity contribution is -0.121. The molecule has 0 saturated carbocycles. The molecule has 7 N–H and O–H groups in total. The lowest BCUT2D eigenvalue weighted by Gasteiger charge is -2.20. The fourth-order valence-corrected chi connectivity index (χ4v) is 4.97.